The van der Waals surface area contributed by atoms with E-state index in [-0.39, 0.29) is 17.7 Å². The van der Waals surface area contributed by atoms with Crippen LogP contribution in [0.5, 0.6) is 0 Å². The fraction of sp³-hybridized carbons (Fsp3) is 0.611. The van der Waals surface area contributed by atoms with E-state index < -0.39 is 0 Å². The van der Waals surface area contributed by atoms with Crippen molar-refractivity contribution < 1.29 is 9.59 Å². The quantitative estimate of drug-likeness (QED) is 0.782. The summed E-state index contributed by atoms with van der Waals surface area (Å²) in [4.78, 5) is 34.7. The van der Waals surface area contributed by atoms with Crippen LogP contribution in [0.2, 0.25) is 0 Å². The number of piperazine rings is 1. The lowest BCUT2D eigenvalue weighted by Crippen LogP contribution is -2.54. The molecule has 2 fully saturated rings. The Balaban J connectivity index is 1.55. The normalized spacial score (nSPS) is 20.2. The molecule has 0 spiro atoms. The lowest BCUT2D eigenvalue weighted by molar-refractivity contribution is -0.135. The molecule has 0 aromatic carbocycles. The van der Waals surface area contributed by atoms with Crippen LogP contribution in [0.4, 0.5) is 5.82 Å². The largest absolute Gasteiger partial charge is 0.354 e. The van der Waals surface area contributed by atoms with Crippen LogP contribution in [0.3, 0.4) is 0 Å². The molecule has 0 bridgehead atoms. The molecule has 0 radical (unpaired) electrons. The molecule has 1 aromatic rings. The van der Waals surface area contributed by atoms with Crippen molar-refractivity contribution in [3.63, 3.8) is 0 Å². The van der Waals surface area contributed by atoms with E-state index in [2.05, 4.69) is 14.8 Å². The van der Waals surface area contributed by atoms with Crippen LogP contribution in [0.1, 0.15) is 37.0 Å². The maximum Gasteiger partial charge on any atom is 0.239 e. The highest BCUT2D eigenvalue weighted by atomic mass is 16.2. The highest BCUT2D eigenvalue weighted by molar-refractivity contribution is 5.93. The van der Waals surface area contributed by atoms with Crippen molar-refractivity contribution in [2.75, 3.05) is 44.2 Å². The summed E-state index contributed by atoms with van der Waals surface area (Å²) in [5.74, 6) is 1.20. The Morgan fingerprint density at radius 1 is 1.04 bits per heavy atom. The van der Waals surface area contributed by atoms with Crippen LogP contribution in [0.25, 0.3) is 0 Å². The third-order valence-corrected chi connectivity index (χ3v) is 5.12. The second kappa shape index (κ2) is 7.30. The molecule has 1 amide bonds. The average Bonchev–Trinajstić information content (AvgIpc) is 3.15. The van der Waals surface area contributed by atoms with E-state index in [4.69, 9.17) is 0 Å². The molecule has 0 saturated carbocycles. The Hall–Kier alpha value is -1.95. The first-order chi connectivity index (χ1) is 11.6. The van der Waals surface area contributed by atoms with Gasteiger partial charge in [0.25, 0.3) is 0 Å². The van der Waals surface area contributed by atoms with Gasteiger partial charge in [-0.3, -0.25) is 14.5 Å². The van der Waals surface area contributed by atoms with Gasteiger partial charge < -0.3 is 9.80 Å². The standard InChI is InChI=1S/C18H26N4O2/c1-14(18(24)22-7-3-4-8-22)20-9-11-21(12-10-20)17-6-5-16(13-19-17)15(2)23/h5-6,13-14H,3-4,7-12H2,1-2H3. The summed E-state index contributed by atoms with van der Waals surface area (Å²) in [5.41, 5.74) is 0.641. The molecule has 0 N–H and O–H groups in total. The van der Waals surface area contributed by atoms with Gasteiger partial charge in [0.05, 0.1) is 6.04 Å². The Kier molecular flexibility index (Phi) is 5.14. The molecule has 2 aliphatic heterocycles. The first-order valence-corrected chi connectivity index (χ1v) is 8.81. The summed E-state index contributed by atoms with van der Waals surface area (Å²) in [5, 5.41) is 0. The Labute approximate surface area is 143 Å². The Morgan fingerprint density at radius 2 is 1.71 bits per heavy atom. The minimum atomic E-state index is -0.0432. The number of Topliss-reactive ketones (excluding diaryl/α,β-unsaturated/α-hetero) is 1. The van der Waals surface area contributed by atoms with E-state index in [0.29, 0.717) is 5.56 Å². The van der Waals surface area contributed by atoms with Crippen molar-refractivity contribution in [3.8, 4) is 0 Å². The number of anilines is 1. The van der Waals surface area contributed by atoms with Crippen LogP contribution in [0, 0.1) is 0 Å². The number of hydrogen-bond acceptors (Lipinski definition) is 5. The number of pyridine rings is 1. The van der Waals surface area contributed by atoms with Crippen molar-refractivity contribution in [1.29, 1.82) is 0 Å². The highest BCUT2D eigenvalue weighted by Gasteiger charge is 2.30. The van der Waals surface area contributed by atoms with Gasteiger partial charge in [-0.2, -0.15) is 0 Å². The van der Waals surface area contributed by atoms with Crippen LogP contribution < -0.4 is 4.90 Å². The van der Waals surface area contributed by atoms with Crippen LogP contribution in [0.15, 0.2) is 18.3 Å². The summed E-state index contributed by atoms with van der Waals surface area (Å²) in [7, 11) is 0. The number of rotatable bonds is 4. The van der Waals surface area contributed by atoms with Gasteiger partial charge in [-0.05, 0) is 38.8 Å². The second-order valence-electron chi connectivity index (χ2n) is 6.69. The highest BCUT2D eigenvalue weighted by Crippen LogP contribution is 2.17. The maximum atomic E-state index is 12.5. The molecular formula is C18H26N4O2. The van der Waals surface area contributed by atoms with Gasteiger partial charge in [0.2, 0.25) is 5.91 Å². The maximum absolute atomic E-state index is 12.5. The fourth-order valence-electron chi connectivity index (χ4n) is 3.48. The van der Waals surface area contributed by atoms with E-state index in [1.807, 2.05) is 24.0 Å². The molecule has 2 aliphatic rings. The predicted molar refractivity (Wildman–Crippen MR) is 93.3 cm³/mol. The topological polar surface area (TPSA) is 56.8 Å². The lowest BCUT2D eigenvalue weighted by atomic mass is 10.2. The molecule has 1 unspecified atom stereocenters. The molecule has 2 saturated heterocycles. The van der Waals surface area contributed by atoms with Gasteiger partial charge in [-0.1, -0.05) is 0 Å². The molecule has 6 heteroatoms. The van der Waals surface area contributed by atoms with Gasteiger partial charge in [0.15, 0.2) is 5.78 Å². The van der Waals surface area contributed by atoms with Crippen molar-refractivity contribution >= 4 is 17.5 Å². The monoisotopic (exact) mass is 330 g/mol. The van der Waals surface area contributed by atoms with Gasteiger partial charge in [0.1, 0.15) is 5.82 Å². The van der Waals surface area contributed by atoms with Crippen molar-refractivity contribution in [2.24, 2.45) is 0 Å². The zero-order valence-corrected chi connectivity index (χ0v) is 14.6. The number of carbonyl (C=O) groups excluding carboxylic acids is 2. The van der Waals surface area contributed by atoms with E-state index >= 15 is 0 Å². The SMILES string of the molecule is CC(=O)c1ccc(N2CCN(C(C)C(=O)N3CCCC3)CC2)nc1. The number of aromatic nitrogens is 1. The average molecular weight is 330 g/mol. The number of nitrogens with zero attached hydrogens (tertiary/aromatic N) is 4. The minimum absolute atomic E-state index is 0.0353. The first-order valence-electron chi connectivity index (χ1n) is 8.81. The zero-order chi connectivity index (χ0) is 17.1. The summed E-state index contributed by atoms with van der Waals surface area (Å²) in [6.07, 6.45) is 3.91. The fourth-order valence-corrected chi connectivity index (χ4v) is 3.48. The van der Waals surface area contributed by atoms with Crippen molar-refractivity contribution in [1.82, 2.24) is 14.8 Å². The molecule has 1 atom stereocenters. The van der Waals surface area contributed by atoms with E-state index in [0.717, 1.165) is 57.9 Å². The zero-order valence-electron chi connectivity index (χ0n) is 14.6. The predicted octanol–water partition coefficient (Wildman–Crippen LogP) is 1.42. The van der Waals surface area contributed by atoms with Gasteiger partial charge in [0, 0.05) is 51.0 Å². The molecule has 3 heterocycles. The van der Waals surface area contributed by atoms with Crippen molar-refractivity contribution in [3.05, 3.63) is 23.9 Å². The summed E-state index contributed by atoms with van der Waals surface area (Å²) in [6.45, 7) is 8.82. The van der Waals surface area contributed by atoms with Gasteiger partial charge in [-0.25, -0.2) is 4.98 Å². The number of ketones is 1. The van der Waals surface area contributed by atoms with Crippen LogP contribution in [-0.4, -0.2) is 71.8 Å². The number of amides is 1. The molecular weight excluding hydrogens is 304 g/mol. The van der Waals surface area contributed by atoms with Crippen LogP contribution in [-0.2, 0) is 4.79 Å². The van der Waals surface area contributed by atoms with Crippen LogP contribution >= 0.6 is 0 Å². The number of carbonyl (C=O) groups is 2. The Bertz CT molecular complexity index is 588. The lowest BCUT2D eigenvalue weighted by Gasteiger charge is -2.39. The van der Waals surface area contributed by atoms with E-state index in [9.17, 15) is 9.59 Å². The van der Waals surface area contributed by atoms with E-state index in [1.54, 1.807) is 13.1 Å². The molecule has 6 nitrogen and oxygen atoms in total. The summed E-state index contributed by atoms with van der Waals surface area (Å²) < 4.78 is 0. The Morgan fingerprint density at radius 3 is 2.25 bits per heavy atom. The van der Waals surface area contributed by atoms with Gasteiger partial charge >= 0.3 is 0 Å². The third kappa shape index (κ3) is 3.59. The molecule has 24 heavy (non-hydrogen) atoms. The molecule has 1 aromatic heterocycles. The smallest absolute Gasteiger partial charge is 0.239 e. The second-order valence-corrected chi connectivity index (χ2v) is 6.69. The summed E-state index contributed by atoms with van der Waals surface area (Å²) in [6, 6.07) is 3.69. The number of hydrogen-bond donors (Lipinski definition) is 0. The summed E-state index contributed by atoms with van der Waals surface area (Å²) >= 11 is 0. The third-order valence-electron chi connectivity index (χ3n) is 5.12. The molecule has 130 valence electrons. The number of likely N-dealkylation sites (tertiary alicyclic amines) is 1. The molecule has 0 aliphatic carbocycles. The van der Waals surface area contributed by atoms with Crippen molar-refractivity contribution in [2.45, 2.75) is 32.7 Å². The van der Waals surface area contributed by atoms with Gasteiger partial charge in [-0.15, -0.1) is 0 Å². The van der Waals surface area contributed by atoms with E-state index in [1.165, 1.54) is 0 Å². The molecule has 3 rings (SSSR count). The first kappa shape index (κ1) is 16.9. The minimum Gasteiger partial charge on any atom is -0.354 e.